The lowest BCUT2D eigenvalue weighted by molar-refractivity contribution is 0.131. The van der Waals surface area contributed by atoms with Crippen molar-refractivity contribution in [3.8, 4) is 17.2 Å². The molecule has 0 radical (unpaired) electrons. The maximum Gasteiger partial charge on any atom is 0.206 e. The van der Waals surface area contributed by atoms with Gasteiger partial charge in [0, 0.05) is 0 Å². The smallest absolute Gasteiger partial charge is 0.206 e. The summed E-state index contributed by atoms with van der Waals surface area (Å²) in [5.74, 6) is 2.37. The minimum Gasteiger partial charge on any atom is -0.488 e. The van der Waals surface area contributed by atoms with Gasteiger partial charge in [0.2, 0.25) is 9.84 Å². The van der Waals surface area contributed by atoms with E-state index in [0.717, 1.165) is 23.3 Å². The van der Waals surface area contributed by atoms with E-state index < -0.39 is 9.84 Å². The van der Waals surface area contributed by atoms with Gasteiger partial charge in [-0.25, -0.2) is 8.42 Å². The standard InChI is InChI=1S/C25H26O4S/c1-17-13-18-14-19(17)16-24(15-18)30(26,27)23-11-9-21(10-12-23)28-20-5-7-22(8-6-20)29-25(2,3)4/h5-12,14-17H,13H2,1-4H3. The van der Waals surface area contributed by atoms with Crippen molar-refractivity contribution in [2.24, 2.45) is 0 Å². The molecule has 0 spiro atoms. The molecule has 5 heteroatoms. The summed E-state index contributed by atoms with van der Waals surface area (Å²) in [6, 6.07) is 19.6. The van der Waals surface area contributed by atoms with E-state index in [-0.39, 0.29) is 10.5 Å². The van der Waals surface area contributed by atoms with Gasteiger partial charge in [-0.1, -0.05) is 13.0 Å². The molecule has 1 unspecified atom stereocenters. The van der Waals surface area contributed by atoms with Crippen molar-refractivity contribution in [1.29, 1.82) is 0 Å². The first-order valence-electron chi connectivity index (χ1n) is 10.1. The van der Waals surface area contributed by atoms with Crippen LogP contribution < -0.4 is 9.47 Å². The molecule has 0 amide bonds. The molecule has 1 aliphatic carbocycles. The molecule has 4 nitrogen and oxygen atoms in total. The third-order valence-electron chi connectivity index (χ3n) is 5.03. The average Bonchev–Trinajstić information content (AvgIpc) is 2.93. The van der Waals surface area contributed by atoms with Crippen LogP contribution in [0.2, 0.25) is 0 Å². The molecule has 4 rings (SSSR count). The summed E-state index contributed by atoms with van der Waals surface area (Å²) in [6.07, 6.45) is 0.900. The number of hydrogen-bond donors (Lipinski definition) is 0. The Morgan fingerprint density at radius 3 is 1.93 bits per heavy atom. The summed E-state index contributed by atoms with van der Waals surface area (Å²) in [5.41, 5.74) is 1.91. The molecule has 1 atom stereocenters. The van der Waals surface area contributed by atoms with E-state index in [9.17, 15) is 8.42 Å². The lowest BCUT2D eigenvalue weighted by Gasteiger charge is -2.21. The Bertz CT molecular complexity index is 1160. The SMILES string of the molecule is CC1Cc2cc1cc(S(=O)(=O)c1ccc(Oc3ccc(OC(C)(C)C)cc3)cc1)c2. The molecule has 1 aliphatic rings. The summed E-state index contributed by atoms with van der Waals surface area (Å²) in [4.78, 5) is 0.629. The van der Waals surface area contributed by atoms with Gasteiger partial charge in [-0.3, -0.25) is 0 Å². The van der Waals surface area contributed by atoms with Gasteiger partial charge in [-0.15, -0.1) is 0 Å². The molecule has 0 saturated carbocycles. The third-order valence-corrected chi connectivity index (χ3v) is 6.78. The molecule has 0 aliphatic heterocycles. The van der Waals surface area contributed by atoms with Crippen molar-refractivity contribution in [1.82, 2.24) is 0 Å². The van der Waals surface area contributed by atoms with E-state index in [1.807, 2.05) is 45.0 Å². The quantitative estimate of drug-likeness (QED) is 0.495. The third kappa shape index (κ3) is 4.36. The molecule has 0 fully saturated rings. The van der Waals surface area contributed by atoms with Gasteiger partial charge < -0.3 is 9.47 Å². The summed E-state index contributed by atoms with van der Waals surface area (Å²) < 4.78 is 37.7. The summed E-state index contributed by atoms with van der Waals surface area (Å²) >= 11 is 0. The first-order valence-corrected chi connectivity index (χ1v) is 11.5. The van der Waals surface area contributed by atoms with Gasteiger partial charge in [0.05, 0.1) is 9.79 Å². The van der Waals surface area contributed by atoms with Crippen molar-refractivity contribution < 1.29 is 17.9 Å². The predicted molar refractivity (Wildman–Crippen MR) is 117 cm³/mol. The number of hydrogen-bond acceptors (Lipinski definition) is 4. The molecule has 0 heterocycles. The largest absolute Gasteiger partial charge is 0.488 e. The maximum absolute atomic E-state index is 13.0. The van der Waals surface area contributed by atoms with Gasteiger partial charge in [0.1, 0.15) is 22.8 Å². The van der Waals surface area contributed by atoms with Crippen molar-refractivity contribution >= 4 is 9.84 Å². The van der Waals surface area contributed by atoms with Crippen LogP contribution in [0.5, 0.6) is 17.2 Å². The van der Waals surface area contributed by atoms with E-state index in [1.165, 1.54) is 0 Å². The van der Waals surface area contributed by atoms with Crippen LogP contribution in [0.25, 0.3) is 0 Å². The lowest BCUT2D eigenvalue weighted by Crippen LogP contribution is -2.22. The summed E-state index contributed by atoms with van der Waals surface area (Å²) in [6.45, 7) is 8.10. The van der Waals surface area contributed by atoms with Crippen molar-refractivity contribution in [2.75, 3.05) is 0 Å². The highest BCUT2D eigenvalue weighted by molar-refractivity contribution is 7.91. The second-order valence-electron chi connectivity index (χ2n) is 8.78. The Hall–Kier alpha value is -2.79. The molecule has 2 bridgehead atoms. The fourth-order valence-corrected chi connectivity index (χ4v) is 4.97. The van der Waals surface area contributed by atoms with Crippen molar-refractivity contribution in [2.45, 2.75) is 55.4 Å². The van der Waals surface area contributed by atoms with Gasteiger partial charge in [-0.2, -0.15) is 0 Å². The maximum atomic E-state index is 13.0. The highest BCUT2D eigenvalue weighted by Crippen LogP contribution is 2.34. The zero-order valence-corrected chi connectivity index (χ0v) is 18.5. The summed E-state index contributed by atoms with van der Waals surface area (Å²) in [5, 5.41) is 0. The van der Waals surface area contributed by atoms with E-state index in [2.05, 4.69) is 13.0 Å². The van der Waals surface area contributed by atoms with Crippen LogP contribution in [0.15, 0.2) is 76.5 Å². The lowest BCUT2D eigenvalue weighted by atomic mass is 10.1. The molecule has 30 heavy (non-hydrogen) atoms. The Kier molecular flexibility index (Phi) is 5.10. The van der Waals surface area contributed by atoms with Crippen LogP contribution in [-0.4, -0.2) is 14.0 Å². The van der Waals surface area contributed by atoms with Crippen LogP contribution >= 0.6 is 0 Å². The van der Waals surface area contributed by atoms with E-state index >= 15 is 0 Å². The number of sulfone groups is 1. The van der Waals surface area contributed by atoms with Crippen molar-refractivity contribution in [3.05, 3.63) is 77.9 Å². The first kappa shape index (κ1) is 20.5. The van der Waals surface area contributed by atoms with E-state index in [1.54, 1.807) is 36.4 Å². The van der Waals surface area contributed by atoms with Crippen LogP contribution in [0.1, 0.15) is 44.7 Å². The Morgan fingerprint density at radius 2 is 1.37 bits per heavy atom. The molecule has 3 aromatic rings. The molecular weight excluding hydrogens is 396 g/mol. The number of rotatable bonds is 5. The Balaban J connectivity index is 1.50. The second-order valence-corrected chi connectivity index (χ2v) is 10.7. The molecule has 3 aromatic carbocycles. The Labute approximate surface area is 178 Å². The fraction of sp³-hybridized carbons (Fsp3) is 0.280. The number of fused-ring (bicyclic) bond motifs is 2. The molecule has 0 N–H and O–H groups in total. The average molecular weight is 423 g/mol. The second kappa shape index (κ2) is 7.47. The van der Waals surface area contributed by atoms with E-state index in [4.69, 9.17) is 9.47 Å². The monoisotopic (exact) mass is 422 g/mol. The van der Waals surface area contributed by atoms with Crippen LogP contribution in [0.3, 0.4) is 0 Å². The molecule has 0 aromatic heterocycles. The van der Waals surface area contributed by atoms with Crippen LogP contribution in [0, 0.1) is 0 Å². The molecule has 156 valence electrons. The van der Waals surface area contributed by atoms with Gasteiger partial charge in [-0.05, 0) is 105 Å². The zero-order valence-electron chi connectivity index (χ0n) is 17.7. The van der Waals surface area contributed by atoms with E-state index in [0.29, 0.717) is 22.3 Å². The number of benzene rings is 3. The van der Waals surface area contributed by atoms with Crippen LogP contribution in [0.4, 0.5) is 0 Å². The fourth-order valence-electron chi connectivity index (χ4n) is 3.60. The van der Waals surface area contributed by atoms with Gasteiger partial charge >= 0.3 is 0 Å². The minimum atomic E-state index is -3.55. The molecular formula is C25H26O4S. The zero-order chi connectivity index (χ0) is 21.5. The van der Waals surface area contributed by atoms with Crippen molar-refractivity contribution in [3.63, 3.8) is 0 Å². The Morgan fingerprint density at radius 1 is 0.800 bits per heavy atom. The molecule has 0 saturated heterocycles. The normalized spacial score (nSPS) is 15.8. The highest BCUT2D eigenvalue weighted by atomic mass is 32.2. The minimum absolute atomic E-state index is 0.262. The first-order chi connectivity index (χ1) is 14.1. The topological polar surface area (TPSA) is 52.6 Å². The van der Waals surface area contributed by atoms with Gasteiger partial charge in [0.25, 0.3) is 0 Å². The van der Waals surface area contributed by atoms with Crippen LogP contribution in [-0.2, 0) is 16.3 Å². The van der Waals surface area contributed by atoms with Gasteiger partial charge in [0.15, 0.2) is 0 Å². The highest BCUT2D eigenvalue weighted by Gasteiger charge is 2.24. The number of ether oxygens (including phenoxy) is 2. The predicted octanol–water partition coefficient (Wildman–Crippen LogP) is 6.15. The summed E-state index contributed by atoms with van der Waals surface area (Å²) in [7, 11) is -3.55.